The van der Waals surface area contributed by atoms with E-state index in [4.69, 9.17) is 4.74 Å². The van der Waals surface area contributed by atoms with E-state index in [1.165, 1.54) is 11.3 Å². The highest BCUT2D eigenvalue weighted by Gasteiger charge is 2.20. The Hall–Kier alpha value is -2.37. The maximum atomic E-state index is 12.4. The lowest BCUT2D eigenvalue weighted by molar-refractivity contribution is -0.692. The standard InChI is InChI=1S/C22H29N3O2/c1-17(2)22(18-6-4-3-5-7-18)23-16-21(26)24-19-8-10-20(11-9-19)25-12-14-27-15-13-25/h3-11,17,22-23H,12-16H2,1-2H3,(H,24,26)/p+1/t22-/m1/s1. The average Bonchev–Trinajstić information content (AvgIpc) is 2.70. The summed E-state index contributed by atoms with van der Waals surface area (Å²) in [5.74, 6) is 0.476. The molecule has 3 N–H and O–H groups in total. The molecule has 2 aromatic rings. The number of quaternary nitrogens is 1. The third kappa shape index (κ3) is 5.55. The second-order valence-electron chi connectivity index (χ2n) is 7.31. The van der Waals surface area contributed by atoms with Crippen molar-refractivity contribution in [3.8, 4) is 0 Å². The van der Waals surface area contributed by atoms with Crippen LogP contribution in [0, 0.1) is 5.92 Å². The molecule has 0 saturated carbocycles. The topological polar surface area (TPSA) is 58.2 Å². The Kier molecular flexibility index (Phi) is 6.85. The summed E-state index contributed by atoms with van der Waals surface area (Å²) >= 11 is 0. The number of rotatable bonds is 7. The number of amides is 1. The molecule has 1 fully saturated rings. The smallest absolute Gasteiger partial charge is 0.279 e. The van der Waals surface area contributed by atoms with Crippen molar-refractivity contribution in [2.24, 2.45) is 5.92 Å². The number of hydrogen-bond acceptors (Lipinski definition) is 3. The number of benzene rings is 2. The molecule has 1 aliphatic rings. The van der Waals surface area contributed by atoms with E-state index in [1.54, 1.807) is 0 Å². The monoisotopic (exact) mass is 368 g/mol. The quantitative estimate of drug-likeness (QED) is 0.789. The second kappa shape index (κ2) is 9.53. The summed E-state index contributed by atoms with van der Waals surface area (Å²) in [4.78, 5) is 14.7. The van der Waals surface area contributed by atoms with Crippen molar-refractivity contribution in [2.75, 3.05) is 43.1 Å². The molecule has 1 atom stereocenters. The molecule has 0 bridgehead atoms. The number of nitrogens with zero attached hydrogens (tertiary/aromatic N) is 1. The molecule has 0 unspecified atom stereocenters. The first kappa shape index (κ1) is 19.4. The highest BCUT2D eigenvalue weighted by Crippen LogP contribution is 2.19. The van der Waals surface area contributed by atoms with E-state index in [2.05, 4.69) is 65.8 Å². The van der Waals surface area contributed by atoms with Gasteiger partial charge in [0.05, 0.1) is 13.2 Å². The maximum Gasteiger partial charge on any atom is 0.279 e. The van der Waals surface area contributed by atoms with Crippen LogP contribution in [0.1, 0.15) is 25.5 Å². The van der Waals surface area contributed by atoms with Gasteiger partial charge in [0.25, 0.3) is 5.91 Å². The van der Waals surface area contributed by atoms with Gasteiger partial charge in [-0.2, -0.15) is 0 Å². The molecule has 0 radical (unpaired) electrons. The highest BCUT2D eigenvalue weighted by atomic mass is 16.5. The molecule has 1 heterocycles. The molecule has 5 heteroatoms. The van der Waals surface area contributed by atoms with Crippen LogP contribution in [-0.2, 0) is 9.53 Å². The van der Waals surface area contributed by atoms with Crippen molar-refractivity contribution < 1.29 is 14.8 Å². The first-order valence-corrected chi connectivity index (χ1v) is 9.74. The molecule has 0 aliphatic carbocycles. The average molecular weight is 369 g/mol. The minimum absolute atomic E-state index is 0.0238. The van der Waals surface area contributed by atoms with Crippen LogP contribution in [0.4, 0.5) is 11.4 Å². The van der Waals surface area contributed by atoms with E-state index in [0.717, 1.165) is 32.0 Å². The molecule has 0 spiro atoms. The van der Waals surface area contributed by atoms with Crippen LogP contribution in [-0.4, -0.2) is 38.8 Å². The number of morpholine rings is 1. The predicted molar refractivity (Wildman–Crippen MR) is 109 cm³/mol. The van der Waals surface area contributed by atoms with Crippen LogP contribution in [0.5, 0.6) is 0 Å². The third-order valence-corrected chi connectivity index (χ3v) is 4.99. The minimum atomic E-state index is 0.0238. The van der Waals surface area contributed by atoms with E-state index in [0.29, 0.717) is 12.5 Å². The number of nitrogens with one attached hydrogen (secondary N) is 1. The summed E-state index contributed by atoms with van der Waals surface area (Å²) in [5.41, 5.74) is 3.27. The van der Waals surface area contributed by atoms with Crippen LogP contribution in [0.3, 0.4) is 0 Å². The van der Waals surface area contributed by atoms with Crippen LogP contribution in [0.25, 0.3) is 0 Å². The summed E-state index contributed by atoms with van der Waals surface area (Å²) in [6, 6.07) is 18.7. The van der Waals surface area contributed by atoms with Crippen LogP contribution < -0.4 is 15.5 Å². The Labute approximate surface area is 161 Å². The number of ether oxygens (including phenoxy) is 1. The zero-order chi connectivity index (χ0) is 19.1. The zero-order valence-corrected chi connectivity index (χ0v) is 16.2. The Morgan fingerprint density at radius 3 is 2.37 bits per heavy atom. The number of carbonyl (C=O) groups is 1. The van der Waals surface area contributed by atoms with Gasteiger partial charge in [0, 0.05) is 35.9 Å². The van der Waals surface area contributed by atoms with E-state index in [1.807, 2.05) is 18.2 Å². The molecule has 1 amide bonds. The molecule has 1 aliphatic heterocycles. The van der Waals surface area contributed by atoms with Gasteiger partial charge in [-0.3, -0.25) is 4.79 Å². The molecule has 27 heavy (non-hydrogen) atoms. The molecule has 0 aromatic heterocycles. The Morgan fingerprint density at radius 1 is 1.07 bits per heavy atom. The Bertz CT molecular complexity index is 710. The van der Waals surface area contributed by atoms with Gasteiger partial charge in [0.15, 0.2) is 6.54 Å². The summed E-state index contributed by atoms with van der Waals surface area (Å²) < 4.78 is 5.39. The van der Waals surface area contributed by atoms with Crippen LogP contribution in [0.15, 0.2) is 54.6 Å². The van der Waals surface area contributed by atoms with E-state index in [-0.39, 0.29) is 11.9 Å². The minimum Gasteiger partial charge on any atom is -0.378 e. The van der Waals surface area contributed by atoms with Gasteiger partial charge in [0.1, 0.15) is 6.04 Å². The van der Waals surface area contributed by atoms with Gasteiger partial charge >= 0.3 is 0 Å². The van der Waals surface area contributed by atoms with Crippen LogP contribution >= 0.6 is 0 Å². The summed E-state index contributed by atoms with van der Waals surface area (Å²) in [5, 5.41) is 5.13. The van der Waals surface area contributed by atoms with Crippen molar-refractivity contribution in [3.63, 3.8) is 0 Å². The Balaban J connectivity index is 1.52. The Morgan fingerprint density at radius 2 is 1.74 bits per heavy atom. The van der Waals surface area contributed by atoms with Crippen molar-refractivity contribution >= 4 is 17.3 Å². The van der Waals surface area contributed by atoms with Gasteiger partial charge in [-0.1, -0.05) is 44.2 Å². The fourth-order valence-corrected chi connectivity index (χ4v) is 3.49. The number of anilines is 2. The second-order valence-corrected chi connectivity index (χ2v) is 7.31. The van der Waals surface area contributed by atoms with E-state index >= 15 is 0 Å². The van der Waals surface area contributed by atoms with Crippen molar-refractivity contribution in [1.82, 2.24) is 0 Å². The first-order valence-electron chi connectivity index (χ1n) is 9.74. The highest BCUT2D eigenvalue weighted by molar-refractivity contribution is 5.91. The van der Waals surface area contributed by atoms with Crippen molar-refractivity contribution in [3.05, 3.63) is 60.2 Å². The van der Waals surface area contributed by atoms with Crippen LogP contribution in [0.2, 0.25) is 0 Å². The number of nitrogens with two attached hydrogens (primary N) is 1. The van der Waals surface area contributed by atoms with Gasteiger partial charge in [-0.25, -0.2) is 0 Å². The number of hydrogen-bond donors (Lipinski definition) is 2. The molecule has 2 aromatic carbocycles. The zero-order valence-electron chi connectivity index (χ0n) is 16.2. The maximum absolute atomic E-state index is 12.4. The van der Waals surface area contributed by atoms with E-state index < -0.39 is 0 Å². The van der Waals surface area contributed by atoms with Gasteiger partial charge in [-0.15, -0.1) is 0 Å². The number of carbonyl (C=O) groups excluding carboxylic acids is 1. The lowest BCUT2D eigenvalue weighted by atomic mass is 9.96. The molecular weight excluding hydrogens is 338 g/mol. The molecule has 1 saturated heterocycles. The lowest BCUT2D eigenvalue weighted by Crippen LogP contribution is -2.88. The lowest BCUT2D eigenvalue weighted by Gasteiger charge is -2.28. The van der Waals surface area contributed by atoms with Crippen molar-refractivity contribution in [2.45, 2.75) is 19.9 Å². The fourth-order valence-electron chi connectivity index (χ4n) is 3.49. The molecule has 144 valence electrons. The third-order valence-electron chi connectivity index (χ3n) is 4.99. The normalized spacial score (nSPS) is 15.6. The SMILES string of the molecule is CC(C)[C@@H]([NH2+]CC(=O)Nc1ccc(N2CCOCC2)cc1)c1ccccc1. The van der Waals surface area contributed by atoms with Crippen molar-refractivity contribution in [1.29, 1.82) is 0 Å². The van der Waals surface area contributed by atoms with Gasteiger partial charge in [0.2, 0.25) is 0 Å². The summed E-state index contributed by atoms with van der Waals surface area (Å²) in [6.07, 6.45) is 0. The molecule has 3 rings (SSSR count). The first-order chi connectivity index (χ1) is 13.1. The largest absolute Gasteiger partial charge is 0.378 e. The fraction of sp³-hybridized carbons (Fsp3) is 0.409. The van der Waals surface area contributed by atoms with Gasteiger partial charge in [-0.05, 0) is 24.3 Å². The van der Waals surface area contributed by atoms with E-state index in [9.17, 15) is 4.79 Å². The predicted octanol–water partition coefficient (Wildman–Crippen LogP) is 2.42. The molecule has 5 nitrogen and oxygen atoms in total. The molecular formula is C22H30N3O2+. The van der Waals surface area contributed by atoms with Gasteiger partial charge < -0.3 is 20.3 Å². The summed E-state index contributed by atoms with van der Waals surface area (Å²) in [7, 11) is 0. The summed E-state index contributed by atoms with van der Waals surface area (Å²) in [6.45, 7) is 8.16.